The second-order valence-corrected chi connectivity index (χ2v) is 10.4. The fourth-order valence-electron chi connectivity index (χ4n) is 6.25. The van der Waals surface area contributed by atoms with E-state index in [0.29, 0.717) is 29.5 Å². The first kappa shape index (κ1) is 24.2. The Balaban J connectivity index is 1.39. The molecule has 6 rings (SSSR count). The van der Waals surface area contributed by atoms with Crippen LogP contribution < -0.4 is 11.1 Å². The number of nitrogens with zero attached hydrogens (tertiary/aromatic N) is 5. The lowest BCUT2D eigenvalue weighted by Gasteiger charge is -2.37. The van der Waals surface area contributed by atoms with Crippen LogP contribution in [0.3, 0.4) is 0 Å². The van der Waals surface area contributed by atoms with Gasteiger partial charge in [0.25, 0.3) is 0 Å². The number of carbonyl (C=O) groups excluding carboxylic acids is 1. The first-order chi connectivity index (χ1) is 18.2. The molecule has 0 aliphatic heterocycles. The minimum Gasteiger partial charge on any atom is -0.443 e. The predicted molar refractivity (Wildman–Crippen MR) is 132 cm³/mol. The molecule has 1 aromatic carbocycles. The number of fused-ring (bicyclic) bond motifs is 5. The molecule has 1 saturated carbocycles. The summed E-state index contributed by atoms with van der Waals surface area (Å²) >= 11 is 0. The molecule has 0 saturated heterocycles. The summed E-state index contributed by atoms with van der Waals surface area (Å²) in [4.78, 5) is 24.8. The Kier molecular flexibility index (Phi) is 5.56. The Morgan fingerprint density at radius 1 is 1.16 bits per heavy atom. The van der Waals surface area contributed by atoms with Gasteiger partial charge in [-0.1, -0.05) is 19.9 Å². The third-order valence-electron chi connectivity index (χ3n) is 8.05. The van der Waals surface area contributed by atoms with Crippen molar-refractivity contribution in [1.29, 1.82) is 0 Å². The molecule has 11 heteroatoms. The van der Waals surface area contributed by atoms with Crippen LogP contribution in [0.2, 0.25) is 0 Å². The molecule has 194 valence electrons. The van der Waals surface area contributed by atoms with E-state index in [4.69, 9.17) is 15.1 Å². The Bertz CT molecular complexity index is 1550. The molecule has 0 spiro atoms. The van der Waals surface area contributed by atoms with Crippen LogP contribution >= 0.6 is 0 Å². The first-order valence-corrected chi connectivity index (χ1v) is 12.3. The second-order valence-electron chi connectivity index (χ2n) is 10.4. The summed E-state index contributed by atoms with van der Waals surface area (Å²) in [5.41, 5.74) is 7.73. The van der Waals surface area contributed by atoms with Crippen molar-refractivity contribution >= 4 is 5.91 Å². The largest absolute Gasteiger partial charge is 0.443 e. The third kappa shape index (κ3) is 3.52. The molecule has 3 aromatic heterocycles. The van der Waals surface area contributed by atoms with Gasteiger partial charge in [0.05, 0.1) is 46.5 Å². The van der Waals surface area contributed by atoms with Crippen molar-refractivity contribution in [2.75, 3.05) is 6.54 Å². The maximum Gasteiger partial charge on any atom is 0.246 e. The maximum absolute atomic E-state index is 14.5. The van der Waals surface area contributed by atoms with Crippen molar-refractivity contribution in [1.82, 2.24) is 30.5 Å². The quantitative estimate of drug-likeness (QED) is 0.380. The molecule has 1 amide bonds. The number of carbonyl (C=O) groups is 1. The number of aromatic nitrogens is 5. The van der Waals surface area contributed by atoms with Gasteiger partial charge in [-0.15, -0.1) is 5.10 Å². The normalized spacial score (nSPS) is 21.0. The third-order valence-corrected chi connectivity index (χ3v) is 8.05. The van der Waals surface area contributed by atoms with E-state index in [2.05, 4.69) is 39.3 Å². The van der Waals surface area contributed by atoms with Crippen molar-refractivity contribution in [2.24, 2.45) is 11.1 Å². The zero-order valence-corrected chi connectivity index (χ0v) is 20.8. The number of rotatable bonds is 7. The molecule has 2 atom stereocenters. The highest BCUT2D eigenvalue weighted by Gasteiger charge is 2.65. The van der Waals surface area contributed by atoms with Gasteiger partial charge in [-0.3, -0.25) is 9.78 Å². The van der Waals surface area contributed by atoms with E-state index in [-0.39, 0.29) is 29.1 Å². The number of oxazole rings is 1. The number of primary amides is 1. The molecule has 3 heterocycles. The smallest absolute Gasteiger partial charge is 0.246 e. The lowest BCUT2D eigenvalue weighted by Crippen LogP contribution is -2.38. The van der Waals surface area contributed by atoms with Crippen LogP contribution in [-0.4, -0.2) is 37.6 Å². The van der Waals surface area contributed by atoms with Crippen LogP contribution in [0, 0.1) is 17.0 Å². The lowest BCUT2D eigenvalue weighted by atomic mass is 9.66. The molecular formula is C27H25F2N7O2. The molecule has 38 heavy (non-hydrogen) atoms. The van der Waals surface area contributed by atoms with Crippen molar-refractivity contribution in [3.8, 4) is 22.8 Å². The zero-order valence-electron chi connectivity index (χ0n) is 20.8. The Hall–Kier alpha value is -4.12. The molecule has 9 nitrogen and oxygen atoms in total. The van der Waals surface area contributed by atoms with E-state index in [1.165, 1.54) is 24.5 Å². The summed E-state index contributed by atoms with van der Waals surface area (Å²) in [5.74, 6) is -1.41. The number of hydrogen-bond acceptors (Lipinski definition) is 8. The molecule has 3 N–H and O–H groups in total. The summed E-state index contributed by atoms with van der Waals surface area (Å²) in [7, 11) is 0. The molecule has 4 aromatic rings. The van der Waals surface area contributed by atoms with Gasteiger partial charge >= 0.3 is 0 Å². The van der Waals surface area contributed by atoms with E-state index >= 15 is 0 Å². The molecule has 0 radical (unpaired) electrons. The van der Waals surface area contributed by atoms with Crippen molar-refractivity contribution in [2.45, 2.75) is 44.6 Å². The van der Waals surface area contributed by atoms with Gasteiger partial charge in [0, 0.05) is 12.7 Å². The van der Waals surface area contributed by atoms with E-state index in [1.54, 1.807) is 18.5 Å². The van der Waals surface area contributed by atoms with Crippen LogP contribution in [0.1, 0.15) is 55.3 Å². The number of hydrogen-bond donors (Lipinski definition) is 2. The van der Waals surface area contributed by atoms with Crippen molar-refractivity contribution in [3.05, 3.63) is 77.2 Å². The van der Waals surface area contributed by atoms with E-state index < -0.39 is 23.0 Å². The fourth-order valence-corrected chi connectivity index (χ4v) is 6.25. The number of amides is 1. The highest BCUT2D eigenvalue weighted by molar-refractivity contribution is 5.75. The summed E-state index contributed by atoms with van der Waals surface area (Å²) < 4.78 is 34.7. The van der Waals surface area contributed by atoms with Gasteiger partial charge < -0.3 is 15.5 Å². The van der Waals surface area contributed by atoms with Gasteiger partial charge in [0.15, 0.2) is 0 Å². The number of halogens is 2. The van der Waals surface area contributed by atoms with Crippen LogP contribution in [0.5, 0.6) is 0 Å². The Labute approximate surface area is 216 Å². The van der Waals surface area contributed by atoms with Crippen LogP contribution in [0.4, 0.5) is 8.78 Å². The molecule has 1 fully saturated rings. The summed E-state index contributed by atoms with van der Waals surface area (Å²) in [6, 6.07) is 5.53. The highest BCUT2D eigenvalue weighted by atomic mass is 19.1. The standard InChI is InChI=1S/C27H25F2N7O2/c1-26(2)16-6-7-27(26,24-15(16)8-19(35-36-24)23-17(28)4-3-5-18(23)29)21-11-32-10-20(34-21)25-33-14(13-38-25)9-31-12-22(30)37/h3-5,8,10-11,13,16,31H,6-7,9,12H2,1-2H3,(H2,30,37)/t16-,27-/m0/s1. The maximum atomic E-state index is 14.5. The first-order valence-electron chi connectivity index (χ1n) is 12.3. The van der Waals surface area contributed by atoms with Gasteiger partial charge in [0.1, 0.15) is 23.6 Å². The van der Waals surface area contributed by atoms with Crippen molar-refractivity contribution in [3.63, 3.8) is 0 Å². The monoisotopic (exact) mass is 517 g/mol. The van der Waals surface area contributed by atoms with Crippen LogP contribution in [0.25, 0.3) is 22.8 Å². The molecule has 2 aliphatic carbocycles. The highest BCUT2D eigenvalue weighted by Crippen LogP contribution is 2.69. The minimum absolute atomic E-state index is 0.0297. The Morgan fingerprint density at radius 3 is 2.71 bits per heavy atom. The molecule has 2 aliphatic rings. The number of nitrogens with one attached hydrogen (secondary N) is 1. The van der Waals surface area contributed by atoms with Gasteiger partial charge in [0.2, 0.25) is 11.8 Å². The van der Waals surface area contributed by atoms with Gasteiger partial charge in [-0.05, 0) is 47.9 Å². The minimum atomic E-state index is -0.676. The predicted octanol–water partition coefficient (Wildman–Crippen LogP) is 3.65. The number of nitrogens with two attached hydrogens (primary N) is 1. The summed E-state index contributed by atoms with van der Waals surface area (Å²) in [6.07, 6.45) is 6.45. The topological polar surface area (TPSA) is 133 Å². The zero-order chi connectivity index (χ0) is 26.7. The van der Waals surface area contributed by atoms with Crippen molar-refractivity contribution < 1.29 is 18.0 Å². The fraction of sp³-hybridized carbons (Fsp3) is 0.333. The van der Waals surface area contributed by atoms with E-state index in [0.717, 1.165) is 24.1 Å². The van der Waals surface area contributed by atoms with Crippen LogP contribution in [0.15, 0.2) is 47.3 Å². The molecule has 0 unspecified atom stereocenters. The number of benzene rings is 1. The van der Waals surface area contributed by atoms with Crippen LogP contribution in [-0.2, 0) is 16.8 Å². The SMILES string of the molecule is CC1(C)[C@H]2CC[C@]1(c1cncc(-c3nc(CNCC(N)=O)co3)n1)c1nnc(-c3c(F)cccc3F)cc12. The average Bonchev–Trinajstić information content (AvgIpc) is 3.51. The molecule has 2 bridgehead atoms. The summed E-state index contributed by atoms with van der Waals surface area (Å²) in [5, 5.41) is 11.7. The lowest BCUT2D eigenvalue weighted by molar-refractivity contribution is -0.117. The van der Waals surface area contributed by atoms with Gasteiger partial charge in [-0.25, -0.2) is 18.7 Å². The summed E-state index contributed by atoms with van der Waals surface area (Å²) in [6.45, 7) is 4.67. The Morgan fingerprint density at radius 2 is 1.95 bits per heavy atom. The van der Waals surface area contributed by atoms with E-state index in [1.807, 2.05) is 0 Å². The average molecular weight is 518 g/mol. The van der Waals surface area contributed by atoms with E-state index in [9.17, 15) is 13.6 Å². The van der Waals surface area contributed by atoms with Gasteiger partial charge in [-0.2, -0.15) is 5.10 Å². The second kappa shape index (κ2) is 8.73. The molecular weight excluding hydrogens is 492 g/mol.